The van der Waals surface area contributed by atoms with Crippen LogP contribution in [0.15, 0.2) is 103 Å². The molecule has 0 amide bonds. The number of rotatable bonds is 6. The summed E-state index contributed by atoms with van der Waals surface area (Å²) in [6, 6.07) is 31.8. The van der Waals surface area contributed by atoms with Crippen LogP contribution in [0.2, 0.25) is 0 Å². The summed E-state index contributed by atoms with van der Waals surface area (Å²) in [6.07, 6.45) is 3.69. The molecule has 38 heavy (non-hydrogen) atoms. The molecule has 0 unspecified atom stereocenters. The minimum Gasteiger partial charge on any atom is -0.439 e. The van der Waals surface area contributed by atoms with Crippen molar-refractivity contribution in [3.63, 3.8) is 0 Å². The third-order valence-electron chi connectivity index (χ3n) is 7.14. The maximum atomic E-state index is 6.27. The molecular weight excluding hydrogens is 466 g/mol. The second-order valence-corrected chi connectivity index (χ2v) is 10.4. The fourth-order valence-corrected chi connectivity index (χ4v) is 5.09. The summed E-state index contributed by atoms with van der Waals surface area (Å²) in [5.41, 5.74) is 6.87. The van der Waals surface area contributed by atoms with Gasteiger partial charge in [-0.25, -0.2) is 9.97 Å². The average Bonchev–Trinajstić information content (AvgIpc) is 3.27. The van der Waals surface area contributed by atoms with Gasteiger partial charge in [-0.3, -0.25) is 4.57 Å². The number of aromatic nitrogens is 3. The van der Waals surface area contributed by atoms with Gasteiger partial charge in [0.2, 0.25) is 5.88 Å². The van der Waals surface area contributed by atoms with Crippen LogP contribution in [0, 0.1) is 0 Å². The van der Waals surface area contributed by atoms with Gasteiger partial charge < -0.3 is 4.74 Å². The summed E-state index contributed by atoms with van der Waals surface area (Å²) in [4.78, 5) is 9.28. The van der Waals surface area contributed by atoms with Crippen LogP contribution < -0.4 is 4.74 Å². The topological polar surface area (TPSA) is 39.9 Å². The Labute approximate surface area is 223 Å². The Morgan fingerprint density at radius 3 is 2.29 bits per heavy atom. The van der Waals surface area contributed by atoms with Gasteiger partial charge in [-0.1, -0.05) is 76.2 Å². The smallest absolute Gasteiger partial charge is 0.222 e. The molecule has 3 aromatic carbocycles. The molecule has 0 aliphatic rings. The maximum absolute atomic E-state index is 6.27. The first-order valence-corrected chi connectivity index (χ1v) is 13.2. The lowest BCUT2D eigenvalue weighted by molar-refractivity contribution is 0.453. The highest BCUT2D eigenvalue weighted by Gasteiger charge is 2.15. The van der Waals surface area contributed by atoms with Gasteiger partial charge >= 0.3 is 0 Å². The number of benzene rings is 3. The van der Waals surface area contributed by atoms with Crippen molar-refractivity contribution in [2.75, 3.05) is 0 Å². The number of nitrogens with zero attached hydrogens (tertiary/aromatic N) is 3. The zero-order valence-corrected chi connectivity index (χ0v) is 22.2. The number of hydrogen-bond donors (Lipinski definition) is 0. The van der Waals surface area contributed by atoms with Crippen molar-refractivity contribution in [1.29, 1.82) is 0 Å². The van der Waals surface area contributed by atoms with Crippen LogP contribution in [0.4, 0.5) is 0 Å². The van der Waals surface area contributed by atoms with E-state index in [2.05, 4.69) is 110 Å². The van der Waals surface area contributed by atoms with E-state index in [0.29, 0.717) is 17.7 Å². The van der Waals surface area contributed by atoms with Gasteiger partial charge in [0, 0.05) is 28.7 Å². The normalized spacial score (nSPS) is 11.6. The van der Waals surface area contributed by atoms with Crippen molar-refractivity contribution < 1.29 is 4.74 Å². The third-order valence-corrected chi connectivity index (χ3v) is 7.14. The molecule has 6 rings (SSSR count). The van der Waals surface area contributed by atoms with Crippen LogP contribution in [0.25, 0.3) is 38.8 Å². The minimum atomic E-state index is 0.328. The lowest BCUT2D eigenvalue weighted by Crippen LogP contribution is -1.99. The molecule has 0 fully saturated rings. The van der Waals surface area contributed by atoms with Crippen molar-refractivity contribution >= 4 is 21.8 Å². The van der Waals surface area contributed by atoms with E-state index >= 15 is 0 Å². The van der Waals surface area contributed by atoms with Gasteiger partial charge in [0.05, 0.1) is 11.0 Å². The van der Waals surface area contributed by atoms with E-state index in [-0.39, 0.29) is 0 Å². The lowest BCUT2D eigenvalue weighted by Gasteiger charge is -2.13. The zero-order chi connectivity index (χ0) is 26.2. The first-order chi connectivity index (χ1) is 18.5. The Morgan fingerprint density at radius 1 is 0.632 bits per heavy atom. The van der Waals surface area contributed by atoms with Crippen molar-refractivity contribution in [3.05, 3.63) is 115 Å². The number of para-hydroxylation sites is 1. The summed E-state index contributed by atoms with van der Waals surface area (Å²) in [7, 11) is 0. The Morgan fingerprint density at radius 2 is 1.45 bits per heavy atom. The predicted molar refractivity (Wildman–Crippen MR) is 157 cm³/mol. The van der Waals surface area contributed by atoms with Crippen LogP contribution in [-0.2, 0) is 0 Å². The molecule has 0 saturated carbocycles. The van der Waals surface area contributed by atoms with Crippen molar-refractivity contribution in [3.8, 4) is 28.6 Å². The van der Waals surface area contributed by atoms with Crippen LogP contribution in [0.1, 0.15) is 50.7 Å². The maximum Gasteiger partial charge on any atom is 0.222 e. The molecule has 0 radical (unpaired) electrons. The number of fused-ring (bicyclic) bond motifs is 3. The lowest BCUT2D eigenvalue weighted by atomic mass is 10.0. The van der Waals surface area contributed by atoms with E-state index in [9.17, 15) is 0 Å². The quantitative estimate of drug-likeness (QED) is 0.230. The molecule has 3 aromatic heterocycles. The molecule has 0 bridgehead atoms. The molecule has 188 valence electrons. The first kappa shape index (κ1) is 23.9. The highest BCUT2D eigenvalue weighted by atomic mass is 16.5. The Hall–Kier alpha value is -4.44. The molecule has 0 aliphatic carbocycles. The van der Waals surface area contributed by atoms with Gasteiger partial charge in [-0.15, -0.1) is 0 Å². The van der Waals surface area contributed by atoms with E-state index in [1.807, 2.05) is 24.4 Å². The van der Waals surface area contributed by atoms with E-state index < -0.39 is 0 Å². The average molecular weight is 498 g/mol. The SMILES string of the molecule is CC(C)c1ccnc(-n2c3ccccc3c3ccc(-c4cccc(Oc5ncccc5C(C)C)c4)cc32)c1. The third kappa shape index (κ3) is 4.32. The molecule has 0 atom stereocenters. The Kier molecular flexibility index (Phi) is 6.16. The van der Waals surface area contributed by atoms with Crippen molar-refractivity contribution in [2.24, 2.45) is 0 Å². The van der Waals surface area contributed by atoms with Gasteiger partial charge in [0.25, 0.3) is 0 Å². The minimum absolute atomic E-state index is 0.328. The van der Waals surface area contributed by atoms with E-state index in [1.165, 1.54) is 16.3 Å². The fraction of sp³-hybridized carbons (Fsp3) is 0.176. The van der Waals surface area contributed by atoms with Gasteiger partial charge in [0.1, 0.15) is 11.6 Å². The molecule has 0 spiro atoms. The van der Waals surface area contributed by atoms with Crippen LogP contribution in [0.5, 0.6) is 11.6 Å². The standard InChI is InChI=1S/C34H31N3O/c1-22(2)24-16-18-35-33(21-24)37-31-13-6-5-11-29(31)30-15-14-26(20-32(30)37)25-9-7-10-27(19-25)38-34-28(23(3)4)12-8-17-36-34/h5-23H,1-4H3. The Bertz CT molecular complexity index is 1760. The molecule has 0 N–H and O–H groups in total. The van der Waals surface area contributed by atoms with Crippen LogP contribution >= 0.6 is 0 Å². The van der Waals surface area contributed by atoms with E-state index in [4.69, 9.17) is 9.72 Å². The summed E-state index contributed by atoms with van der Waals surface area (Å²) >= 11 is 0. The highest BCUT2D eigenvalue weighted by molar-refractivity contribution is 6.10. The van der Waals surface area contributed by atoms with Crippen molar-refractivity contribution in [2.45, 2.75) is 39.5 Å². The molecule has 3 heterocycles. The second-order valence-electron chi connectivity index (χ2n) is 10.4. The number of hydrogen-bond acceptors (Lipinski definition) is 3. The molecule has 0 saturated heterocycles. The number of ether oxygens (including phenoxy) is 1. The fourth-order valence-electron chi connectivity index (χ4n) is 5.09. The van der Waals surface area contributed by atoms with Gasteiger partial charge in [-0.05, 0) is 71.0 Å². The van der Waals surface area contributed by atoms with E-state index in [0.717, 1.165) is 39.3 Å². The van der Waals surface area contributed by atoms with E-state index in [1.54, 1.807) is 6.20 Å². The second kappa shape index (κ2) is 9.79. The molecular formula is C34H31N3O. The first-order valence-electron chi connectivity index (χ1n) is 13.2. The monoisotopic (exact) mass is 497 g/mol. The zero-order valence-electron chi connectivity index (χ0n) is 22.2. The van der Waals surface area contributed by atoms with Crippen molar-refractivity contribution in [1.82, 2.24) is 14.5 Å². The molecule has 6 aromatic rings. The predicted octanol–water partition coefficient (Wildman–Crippen LogP) is 9.28. The molecule has 4 nitrogen and oxygen atoms in total. The molecule has 4 heteroatoms. The van der Waals surface area contributed by atoms with Gasteiger partial charge in [0.15, 0.2) is 0 Å². The summed E-state index contributed by atoms with van der Waals surface area (Å²) in [5, 5.41) is 2.43. The Balaban J connectivity index is 1.47. The summed E-state index contributed by atoms with van der Waals surface area (Å²) in [5.74, 6) is 3.13. The number of pyridine rings is 2. The summed E-state index contributed by atoms with van der Waals surface area (Å²) in [6.45, 7) is 8.74. The van der Waals surface area contributed by atoms with Crippen LogP contribution in [-0.4, -0.2) is 14.5 Å². The highest BCUT2D eigenvalue weighted by Crippen LogP contribution is 2.36. The largest absolute Gasteiger partial charge is 0.439 e. The van der Waals surface area contributed by atoms with Crippen LogP contribution in [0.3, 0.4) is 0 Å². The van der Waals surface area contributed by atoms with Gasteiger partial charge in [-0.2, -0.15) is 0 Å². The summed E-state index contributed by atoms with van der Waals surface area (Å²) < 4.78 is 8.55. The molecule has 0 aliphatic heterocycles.